The van der Waals surface area contributed by atoms with Crippen molar-refractivity contribution in [2.24, 2.45) is 5.16 Å². The van der Waals surface area contributed by atoms with Gasteiger partial charge in [-0.1, -0.05) is 60.4 Å². The van der Waals surface area contributed by atoms with Crippen molar-refractivity contribution in [3.8, 4) is 0 Å². The molecule has 0 saturated carbocycles. The molecule has 2 N–H and O–H groups in total. The molecule has 0 radical (unpaired) electrons. The van der Waals surface area contributed by atoms with Crippen LogP contribution < -0.4 is 10.6 Å². The molecule has 0 atom stereocenters. The van der Waals surface area contributed by atoms with E-state index in [2.05, 4.69) is 10.5 Å². The van der Waals surface area contributed by atoms with E-state index in [9.17, 15) is 18.4 Å². The number of hydrogen-bond acceptors (Lipinski definition) is 4. The molecule has 0 unspecified atom stereocenters. The van der Waals surface area contributed by atoms with Gasteiger partial charge in [-0.25, -0.2) is 13.6 Å². The van der Waals surface area contributed by atoms with Gasteiger partial charge >= 0.3 is 6.03 Å². The van der Waals surface area contributed by atoms with Crippen LogP contribution in [-0.4, -0.2) is 17.6 Å². The molecular weight excluding hydrogens is 464 g/mol. The van der Waals surface area contributed by atoms with Crippen molar-refractivity contribution >= 4 is 34.9 Å². The van der Waals surface area contributed by atoms with Crippen molar-refractivity contribution in [3.63, 3.8) is 0 Å². The van der Waals surface area contributed by atoms with Crippen molar-refractivity contribution in [1.82, 2.24) is 5.32 Å². The summed E-state index contributed by atoms with van der Waals surface area (Å²) in [6.07, 6.45) is 1.65. The average Bonchev–Trinajstić information content (AvgIpc) is 2.80. The van der Waals surface area contributed by atoms with Gasteiger partial charge in [-0.05, 0) is 53.9 Å². The Hall–Kier alpha value is -3.78. The SMILES string of the molecule is CCCC(=NOCc1ccc(NC(=O)NC(=O)c2c(F)cccc2F)cc1)c1ccc(Cl)cc1. The molecule has 176 valence electrons. The fraction of sp³-hybridized carbons (Fsp3) is 0.160. The number of urea groups is 1. The highest BCUT2D eigenvalue weighted by molar-refractivity contribution is 6.30. The lowest BCUT2D eigenvalue weighted by molar-refractivity contribution is 0.0959. The quantitative estimate of drug-likeness (QED) is 0.290. The zero-order valence-electron chi connectivity index (χ0n) is 18.3. The van der Waals surface area contributed by atoms with Crippen LogP contribution in [-0.2, 0) is 11.4 Å². The van der Waals surface area contributed by atoms with E-state index in [1.54, 1.807) is 36.4 Å². The lowest BCUT2D eigenvalue weighted by Crippen LogP contribution is -2.35. The summed E-state index contributed by atoms with van der Waals surface area (Å²) in [5.74, 6) is -3.30. The topological polar surface area (TPSA) is 79.8 Å². The Balaban J connectivity index is 1.55. The number of oxime groups is 1. The Morgan fingerprint density at radius 1 is 0.971 bits per heavy atom. The third-order valence-electron chi connectivity index (χ3n) is 4.70. The minimum Gasteiger partial charge on any atom is -0.391 e. The lowest BCUT2D eigenvalue weighted by Gasteiger charge is -2.09. The van der Waals surface area contributed by atoms with Crippen molar-refractivity contribution in [1.29, 1.82) is 0 Å². The highest BCUT2D eigenvalue weighted by Gasteiger charge is 2.19. The van der Waals surface area contributed by atoms with E-state index < -0.39 is 29.1 Å². The number of carbonyl (C=O) groups excluding carboxylic acids is 2. The first-order chi connectivity index (χ1) is 16.4. The number of imide groups is 1. The number of nitrogens with one attached hydrogen (secondary N) is 2. The zero-order chi connectivity index (χ0) is 24.5. The smallest absolute Gasteiger partial charge is 0.326 e. The van der Waals surface area contributed by atoms with E-state index in [1.165, 1.54) is 0 Å². The second kappa shape index (κ2) is 11.9. The minimum atomic E-state index is -1.18. The Morgan fingerprint density at radius 3 is 2.24 bits per heavy atom. The second-order valence-electron chi connectivity index (χ2n) is 7.27. The van der Waals surface area contributed by atoms with Crippen LogP contribution in [0, 0.1) is 11.6 Å². The molecule has 0 aliphatic rings. The van der Waals surface area contributed by atoms with Crippen LogP contribution in [0.3, 0.4) is 0 Å². The number of halogens is 3. The van der Waals surface area contributed by atoms with Crippen molar-refractivity contribution in [3.05, 3.63) is 100 Å². The molecule has 3 amide bonds. The monoisotopic (exact) mass is 485 g/mol. The largest absolute Gasteiger partial charge is 0.391 e. The summed E-state index contributed by atoms with van der Waals surface area (Å²) < 4.78 is 27.3. The predicted molar refractivity (Wildman–Crippen MR) is 127 cm³/mol. The van der Waals surface area contributed by atoms with E-state index in [4.69, 9.17) is 16.4 Å². The number of nitrogens with zero attached hydrogens (tertiary/aromatic N) is 1. The van der Waals surface area contributed by atoms with Crippen LogP contribution in [0.1, 0.15) is 41.3 Å². The van der Waals surface area contributed by atoms with Crippen LogP contribution in [0.25, 0.3) is 0 Å². The molecule has 3 aromatic carbocycles. The van der Waals surface area contributed by atoms with Gasteiger partial charge in [-0.2, -0.15) is 0 Å². The summed E-state index contributed by atoms with van der Waals surface area (Å²) in [6.45, 7) is 2.26. The first kappa shape index (κ1) is 24.9. The molecule has 0 aromatic heterocycles. The highest BCUT2D eigenvalue weighted by atomic mass is 35.5. The molecule has 0 heterocycles. The maximum Gasteiger partial charge on any atom is 0.326 e. The van der Waals surface area contributed by atoms with E-state index in [0.717, 1.165) is 47.9 Å². The van der Waals surface area contributed by atoms with Gasteiger partial charge in [0.25, 0.3) is 5.91 Å². The van der Waals surface area contributed by atoms with Gasteiger partial charge in [0.1, 0.15) is 23.8 Å². The average molecular weight is 486 g/mol. The fourth-order valence-corrected chi connectivity index (χ4v) is 3.16. The van der Waals surface area contributed by atoms with Gasteiger partial charge in [0.15, 0.2) is 0 Å². The third kappa shape index (κ3) is 6.86. The number of benzene rings is 3. The molecule has 34 heavy (non-hydrogen) atoms. The van der Waals surface area contributed by atoms with Gasteiger partial charge in [-0.15, -0.1) is 0 Å². The molecule has 9 heteroatoms. The van der Waals surface area contributed by atoms with Gasteiger partial charge in [0.05, 0.1) is 5.71 Å². The Kier molecular flexibility index (Phi) is 8.70. The van der Waals surface area contributed by atoms with E-state index in [0.29, 0.717) is 10.7 Å². The van der Waals surface area contributed by atoms with Crippen LogP contribution in [0.2, 0.25) is 5.02 Å². The molecule has 3 rings (SSSR count). The minimum absolute atomic E-state index is 0.207. The molecule has 3 aromatic rings. The first-order valence-corrected chi connectivity index (χ1v) is 10.8. The number of rotatable bonds is 8. The van der Waals surface area contributed by atoms with E-state index in [1.807, 2.05) is 24.4 Å². The summed E-state index contributed by atoms with van der Waals surface area (Å²) in [7, 11) is 0. The third-order valence-corrected chi connectivity index (χ3v) is 4.95. The Labute approximate surface area is 200 Å². The second-order valence-corrected chi connectivity index (χ2v) is 7.71. The number of carbonyl (C=O) groups is 2. The normalized spacial score (nSPS) is 11.1. The molecule has 0 bridgehead atoms. The molecule has 0 spiro atoms. The molecular formula is C25H22ClF2N3O3. The Morgan fingerprint density at radius 2 is 1.62 bits per heavy atom. The molecule has 0 fully saturated rings. The van der Waals surface area contributed by atoms with Crippen molar-refractivity contribution < 1.29 is 23.2 Å². The number of hydrogen-bond donors (Lipinski definition) is 2. The molecule has 6 nitrogen and oxygen atoms in total. The van der Waals surface area contributed by atoms with Gasteiger partial charge in [-0.3, -0.25) is 10.1 Å². The molecule has 0 aliphatic carbocycles. The van der Waals surface area contributed by atoms with Crippen LogP contribution >= 0.6 is 11.6 Å². The molecule has 0 aliphatic heterocycles. The van der Waals surface area contributed by atoms with Gasteiger partial charge in [0.2, 0.25) is 0 Å². The maximum absolute atomic E-state index is 13.7. The van der Waals surface area contributed by atoms with E-state index in [-0.39, 0.29) is 6.61 Å². The first-order valence-electron chi connectivity index (χ1n) is 10.5. The van der Waals surface area contributed by atoms with Gasteiger partial charge < -0.3 is 10.2 Å². The fourth-order valence-electron chi connectivity index (χ4n) is 3.03. The Bertz CT molecular complexity index is 1160. The van der Waals surface area contributed by atoms with Gasteiger partial charge in [0, 0.05) is 10.7 Å². The maximum atomic E-state index is 13.7. The summed E-state index contributed by atoms with van der Waals surface area (Å²) in [4.78, 5) is 29.5. The number of amides is 3. The zero-order valence-corrected chi connectivity index (χ0v) is 19.0. The van der Waals surface area contributed by atoms with Crippen LogP contribution in [0.5, 0.6) is 0 Å². The lowest BCUT2D eigenvalue weighted by atomic mass is 10.1. The summed E-state index contributed by atoms with van der Waals surface area (Å²) in [5, 5.41) is 9.23. The predicted octanol–water partition coefficient (Wildman–Crippen LogP) is 6.30. The van der Waals surface area contributed by atoms with Crippen LogP contribution in [0.4, 0.5) is 19.3 Å². The summed E-state index contributed by atoms with van der Waals surface area (Å²) in [5.41, 5.74) is 2.09. The standard InChI is InChI=1S/C25H22ClF2N3O3/c1-2-4-22(17-9-11-18(26)12-10-17)31-34-15-16-7-13-19(14-8-16)29-25(33)30-24(32)23-20(27)5-3-6-21(23)28/h3,5-14H,2,4,15H2,1H3,(H2,29,30,32,33). The highest BCUT2D eigenvalue weighted by Crippen LogP contribution is 2.15. The van der Waals surface area contributed by atoms with Crippen LogP contribution in [0.15, 0.2) is 71.9 Å². The summed E-state index contributed by atoms with van der Waals surface area (Å²) >= 11 is 5.94. The number of anilines is 1. The van der Waals surface area contributed by atoms with E-state index >= 15 is 0 Å². The summed E-state index contributed by atoms with van der Waals surface area (Å²) in [6, 6.07) is 16.1. The van der Waals surface area contributed by atoms with Crippen molar-refractivity contribution in [2.45, 2.75) is 26.4 Å². The van der Waals surface area contributed by atoms with Crippen molar-refractivity contribution in [2.75, 3.05) is 5.32 Å². The molecule has 0 saturated heterocycles.